The molecule has 0 saturated carbocycles. The summed E-state index contributed by atoms with van der Waals surface area (Å²) in [5.74, 6) is -2.17. The van der Waals surface area contributed by atoms with Gasteiger partial charge >= 0.3 is 0 Å². The number of rotatable bonds is 9. The lowest BCUT2D eigenvalue weighted by Gasteiger charge is -2.31. The minimum absolute atomic E-state index is 0.0121. The van der Waals surface area contributed by atoms with Crippen LogP contribution in [0.25, 0.3) is 0 Å². The molecule has 13 heteroatoms. The van der Waals surface area contributed by atoms with Gasteiger partial charge in [-0.3, -0.25) is 28.8 Å². The van der Waals surface area contributed by atoms with Crippen molar-refractivity contribution in [2.45, 2.75) is 76.9 Å². The van der Waals surface area contributed by atoms with E-state index in [1.807, 2.05) is 44.2 Å². The van der Waals surface area contributed by atoms with Gasteiger partial charge in [0.2, 0.25) is 29.5 Å². The predicted octanol–water partition coefficient (Wildman–Crippen LogP) is 1.80. The van der Waals surface area contributed by atoms with Gasteiger partial charge in [0, 0.05) is 46.1 Å². The number of nitrogens with zero attached hydrogens (tertiary/aromatic N) is 2. The molecular weight excluding hydrogens is 640 g/mol. The molecule has 3 atom stereocenters. The molecular formula is C37H50N6O7. The molecule has 2 aliphatic rings. The largest absolute Gasteiger partial charge is 0.493 e. The fourth-order valence-corrected chi connectivity index (χ4v) is 6.07. The van der Waals surface area contributed by atoms with Gasteiger partial charge in [0.15, 0.2) is 0 Å². The zero-order chi connectivity index (χ0) is 36.0. The Hall–Kier alpha value is -4.94. The maximum absolute atomic E-state index is 13.9. The van der Waals surface area contributed by atoms with Gasteiger partial charge in [0.1, 0.15) is 23.9 Å². The standard InChI is InChI=1S/C37H50N6O7/c1-25(2)22-30-37(49)41-28(23-26-12-5-4-6-13-26)35(47)39-18-11-21-50-31-15-8-7-14-27(31)34(46)40-29(24-33(45)42(30)3)36(48)38-17-10-20-43-19-9-16-32(43)44/h4-8,12-15,25,28-30H,9-11,16-24H2,1-3H3,(H,38,48)(H,39,47)(H,40,46)(H,41,49)/t28-,29-,30-/m0/s1. The maximum Gasteiger partial charge on any atom is 0.255 e. The van der Waals surface area contributed by atoms with E-state index in [4.69, 9.17) is 4.74 Å². The molecule has 4 N–H and O–H groups in total. The highest BCUT2D eigenvalue weighted by Gasteiger charge is 2.34. The number of likely N-dealkylation sites (tertiary alicyclic amines) is 1. The van der Waals surface area contributed by atoms with Crippen molar-refractivity contribution in [2.75, 3.05) is 39.8 Å². The van der Waals surface area contributed by atoms with E-state index in [0.717, 1.165) is 12.0 Å². The van der Waals surface area contributed by atoms with Gasteiger partial charge < -0.3 is 35.8 Å². The second-order valence-electron chi connectivity index (χ2n) is 13.2. The number of carbonyl (C=O) groups is 6. The van der Waals surface area contributed by atoms with Crippen molar-refractivity contribution in [2.24, 2.45) is 5.92 Å². The minimum atomic E-state index is -1.27. The van der Waals surface area contributed by atoms with Crippen molar-refractivity contribution in [1.82, 2.24) is 31.1 Å². The molecule has 2 aromatic rings. The van der Waals surface area contributed by atoms with Gasteiger partial charge in [-0.15, -0.1) is 0 Å². The van der Waals surface area contributed by atoms with Gasteiger partial charge in [-0.2, -0.15) is 0 Å². The lowest BCUT2D eigenvalue weighted by atomic mass is 9.99. The number of nitrogens with one attached hydrogen (secondary N) is 4. The Labute approximate surface area is 293 Å². The van der Waals surface area contributed by atoms with Gasteiger partial charge in [-0.25, -0.2) is 0 Å². The summed E-state index contributed by atoms with van der Waals surface area (Å²) in [7, 11) is 1.49. The summed E-state index contributed by atoms with van der Waals surface area (Å²) in [6.07, 6.45) is 2.41. The fourth-order valence-electron chi connectivity index (χ4n) is 6.07. The first-order valence-corrected chi connectivity index (χ1v) is 17.5. The summed E-state index contributed by atoms with van der Waals surface area (Å²) in [6.45, 7) is 5.73. The molecule has 4 rings (SSSR count). The van der Waals surface area contributed by atoms with Crippen LogP contribution in [0.2, 0.25) is 0 Å². The first-order valence-electron chi connectivity index (χ1n) is 17.5. The Kier molecular flexibility index (Phi) is 14.2. The van der Waals surface area contributed by atoms with E-state index >= 15 is 0 Å². The minimum Gasteiger partial charge on any atom is -0.493 e. The van der Waals surface area contributed by atoms with E-state index in [-0.39, 0.29) is 49.4 Å². The van der Waals surface area contributed by atoms with E-state index in [9.17, 15) is 28.8 Å². The summed E-state index contributed by atoms with van der Waals surface area (Å²) in [6, 6.07) is 12.8. The second kappa shape index (κ2) is 18.7. The molecule has 1 fully saturated rings. The fraction of sp³-hybridized carbons (Fsp3) is 0.514. The van der Waals surface area contributed by atoms with E-state index in [1.54, 1.807) is 29.2 Å². The van der Waals surface area contributed by atoms with Crippen molar-refractivity contribution in [1.29, 1.82) is 0 Å². The molecule has 0 bridgehead atoms. The van der Waals surface area contributed by atoms with E-state index < -0.39 is 48.2 Å². The molecule has 0 unspecified atom stereocenters. The molecule has 0 aliphatic carbocycles. The van der Waals surface area contributed by atoms with Crippen LogP contribution in [-0.4, -0.2) is 103 Å². The number of amides is 6. The molecule has 0 spiro atoms. The third-order valence-electron chi connectivity index (χ3n) is 8.86. The van der Waals surface area contributed by atoms with E-state index in [2.05, 4.69) is 21.3 Å². The average molecular weight is 691 g/mol. The number of fused-ring (bicyclic) bond motifs is 1. The van der Waals surface area contributed by atoms with E-state index in [1.165, 1.54) is 11.9 Å². The maximum atomic E-state index is 13.9. The topological polar surface area (TPSA) is 166 Å². The van der Waals surface area contributed by atoms with Gasteiger partial charge in [-0.1, -0.05) is 56.3 Å². The number of hydrogen-bond acceptors (Lipinski definition) is 7. The monoisotopic (exact) mass is 690 g/mol. The van der Waals surface area contributed by atoms with Gasteiger partial charge in [0.05, 0.1) is 18.6 Å². The predicted molar refractivity (Wildman–Crippen MR) is 187 cm³/mol. The molecule has 0 aromatic heterocycles. The van der Waals surface area contributed by atoms with Crippen LogP contribution in [0.3, 0.4) is 0 Å². The first-order chi connectivity index (χ1) is 24.0. The molecule has 2 aliphatic heterocycles. The Balaban J connectivity index is 1.59. The first kappa shape index (κ1) is 37.9. The number of ether oxygens (including phenoxy) is 1. The van der Waals surface area contributed by atoms with Crippen LogP contribution in [0.15, 0.2) is 54.6 Å². The third kappa shape index (κ3) is 11.0. The Morgan fingerprint density at radius 1 is 0.940 bits per heavy atom. The van der Waals surface area contributed by atoms with Crippen LogP contribution >= 0.6 is 0 Å². The van der Waals surface area contributed by atoms with Gasteiger partial charge in [-0.05, 0) is 49.3 Å². The molecule has 50 heavy (non-hydrogen) atoms. The number of carbonyl (C=O) groups excluding carboxylic acids is 6. The molecule has 2 aromatic carbocycles. The summed E-state index contributed by atoms with van der Waals surface area (Å²) < 4.78 is 5.91. The quantitative estimate of drug-likeness (QED) is 0.291. The Morgan fingerprint density at radius 3 is 2.40 bits per heavy atom. The zero-order valence-electron chi connectivity index (χ0n) is 29.2. The van der Waals surface area contributed by atoms with Crippen LogP contribution in [0, 0.1) is 5.92 Å². The molecule has 1 saturated heterocycles. The average Bonchev–Trinajstić information content (AvgIpc) is 3.51. The Morgan fingerprint density at radius 2 is 1.68 bits per heavy atom. The van der Waals surface area contributed by atoms with Crippen LogP contribution in [0.4, 0.5) is 0 Å². The van der Waals surface area contributed by atoms with Crippen LogP contribution in [0.1, 0.15) is 68.3 Å². The summed E-state index contributed by atoms with van der Waals surface area (Å²) >= 11 is 0. The third-order valence-corrected chi connectivity index (χ3v) is 8.86. The van der Waals surface area contributed by atoms with E-state index in [0.29, 0.717) is 44.5 Å². The highest BCUT2D eigenvalue weighted by molar-refractivity contribution is 6.01. The van der Waals surface area contributed by atoms with Crippen LogP contribution in [-0.2, 0) is 30.4 Å². The summed E-state index contributed by atoms with van der Waals surface area (Å²) in [5, 5.41) is 11.3. The number of para-hydroxylation sites is 1. The van der Waals surface area contributed by atoms with Crippen molar-refractivity contribution < 1.29 is 33.5 Å². The molecule has 2 heterocycles. The van der Waals surface area contributed by atoms with Crippen molar-refractivity contribution >= 4 is 35.4 Å². The smallest absolute Gasteiger partial charge is 0.255 e. The van der Waals surface area contributed by atoms with Crippen molar-refractivity contribution in [3.05, 3.63) is 65.7 Å². The SMILES string of the molecule is CC(C)C[C@H]1C(=O)N[C@@H](Cc2ccccc2)C(=O)NCCCOc2ccccc2C(=O)N[C@H](C(=O)NCCCN2CCCC2=O)CC(=O)N1C. The van der Waals surface area contributed by atoms with Crippen LogP contribution < -0.4 is 26.0 Å². The number of hydrogen-bond donors (Lipinski definition) is 4. The van der Waals surface area contributed by atoms with Crippen LogP contribution in [0.5, 0.6) is 5.75 Å². The van der Waals surface area contributed by atoms with Crippen molar-refractivity contribution in [3.8, 4) is 5.75 Å². The highest BCUT2D eigenvalue weighted by atomic mass is 16.5. The normalized spacial score (nSPS) is 21.4. The summed E-state index contributed by atoms with van der Waals surface area (Å²) in [5.41, 5.74) is 1.04. The lowest BCUT2D eigenvalue weighted by Crippen LogP contribution is -2.56. The zero-order valence-corrected chi connectivity index (χ0v) is 29.2. The number of benzene rings is 2. The molecule has 270 valence electrons. The molecule has 6 amide bonds. The summed E-state index contributed by atoms with van der Waals surface area (Å²) in [4.78, 5) is 83.3. The number of likely N-dealkylation sites (N-methyl/N-ethyl adjacent to an activating group) is 1. The Bertz CT molecular complexity index is 1500. The lowest BCUT2D eigenvalue weighted by molar-refractivity contribution is -0.141. The molecule has 13 nitrogen and oxygen atoms in total. The van der Waals surface area contributed by atoms with Crippen molar-refractivity contribution in [3.63, 3.8) is 0 Å². The van der Waals surface area contributed by atoms with Gasteiger partial charge in [0.25, 0.3) is 5.91 Å². The second-order valence-corrected chi connectivity index (χ2v) is 13.2. The highest BCUT2D eigenvalue weighted by Crippen LogP contribution is 2.20. The molecule has 0 radical (unpaired) electrons.